The molecule has 2 aliphatic carbocycles. The minimum atomic E-state index is 0.792. The summed E-state index contributed by atoms with van der Waals surface area (Å²) in [6.07, 6.45) is 4.38. The summed E-state index contributed by atoms with van der Waals surface area (Å²) < 4.78 is 0. The standard InChI is InChI=1S/C16H23N/c1-3-17(2)16-14-10-9-13(11-14)15(16)12-7-5-4-6-8-12/h4-8,13-16H,3,9-11H2,1-2H3. The first kappa shape index (κ1) is 11.3. The van der Waals surface area contributed by atoms with Crippen molar-refractivity contribution in [1.29, 1.82) is 0 Å². The Bertz CT molecular complexity index is 372. The third kappa shape index (κ3) is 1.81. The SMILES string of the molecule is CCN(C)C1C2CCC(C2)C1c1ccccc1. The van der Waals surface area contributed by atoms with Crippen molar-refractivity contribution in [1.82, 2.24) is 4.90 Å². The van der Waals surface area contributed by atoms with Crippen LogP contribution in [0.4, 0.5) is 0 Å². The van der Waals surface area contributed by atoms with Crippen molar-refractivity contribution in [3.8, 4) is 0 Å². The van der Waals surface area contributed by atoms with Crippen LogP contribution in [-0.4, -0.2) is 24.5 Å². The predicted molar refractivity (Wildman–Crippen MR) is 72.1 cm³/mol. The number of likely N-dealkylation sites (N-methyl/N-ethyl adjacent to an activating group) is 1. The Morgan fingerprint density at radius 1 is 1.12 bits per heavy atom. The van der Waals surface area contributed by atoms with Crippen molar-refractivity contribution in [3.05, 3.63) is 35.9 Å². The Kier molecular flexibility index (Phi) is 2.96. The quantitative estimate of drug-likeness (QED) is 0.766. The van der Waals surface area contributed by atoms with Crippen LogP contribution in [-0.2, 0) is 0 Å². The molecule has 1 aromatic rings. The monoisotopic (exact) mass is 229 g/mol. The zero-order valence-electron chi connectivity index (χ0n) is 11.0. The maximum Gasteiger partial charge on any atom is 0.0192 e. The maximum atomic E-state index is 2.58. The van der Waals surface area contributed by atoms with Gasteiger partial charge in [0.2, 0.25) is 0 Å². The fourth-order valence-corrected chi connectivity index (χ4v) is 4.25. The fourth-order valence-electron chi connectivity index (χ4n) is 4.25. The molecule has 3 rings (SSSR count). The second-order valence-corrected chi connectivity index (χ2v) is 5.83. The van der Waals surface area contributed by atoms with Crippen molar-refractivity contribution >= 4 is 0 Å². The van der Waals surface area contributed by atoms with Gasteiger partial charge in [0.1, 0.15) is 0 Å². The van der Waals surface area contributed by atoms with E-state index < -0.39 is 0 Å². The summed E-state index contributed by atoms with van der Waals surface area (Å²) in [4.78, 5) is 2.58. The third-order valence-electron chi connectivity index (χ3n) is 5.06. The van der Waals surface area contributed by atoms with Crippen LogP contribution in [0.3, 0.4) is 0 Å². The van der Waals surface area contributed by atoms with Crippen LogP contribution >= 0.6 is 0 Å². The molecule has 4 atom stereocenters. The lowest BCUT2D eigenvalue weighted by Crippen LogP contribution is -2.40. The Hall–Kier alpha value is -0.820. The van der Waals surface area contributed by atoms with E-state index in [4.69, 9.17) is 0 Å². The van der Waals surface area contributed by atoms with Gasteiger partial charge in [0.25, 0.3) is 0 Å². The van der Waals surface area contributed by atoms with Crippen LogP contribution < -0.4 is 0 Å². The zero-order chi connectivity index (χ0) is 11.8. The number of fused-ring (bicyclic) bond motifs is 2. The second-order valence-electron chi connectivity index (χ2n) is 5.83. The average Bonchev–Trinajstić information content (AvgIpc) is 2.99. The number of benzene rings is 1. The molecular weight excluding hydrogens is 206 g/mol. The summed E-state index contributed by atoms with van der Waals surface area (Å²) in [6, 6.07) is 12.0. The molecule has 92 valence electrons. The molecule has 0 saturated heterocycles. The zero-order valence-corrected chi connectivity index (χ0v) is 11.0. The third-order valence-corrected chi connectivity index (χ3v) is 5.06. The lowest BCUT2D eigenvalue weighted by Gasteiger charge is -2.37. The molecule has 2 bridgehead atoms. The Morgan fingerprint density at radius 2 is 1.82 bits per heavy atom. The number of rotatable bonds is 3. The average molecular weight is 229 g/mol. The number of nitrogens with zero attached hydrogens (tertiary/aromatic N) is 1. The van der Waals surface area contributed by atoms with Crippen molar-refractivity contribution in [3.63, 3.8) is 0 Å². The number of hydrogen-bond donors (Lipinski definition) is 0. The van der Waals surface area contributed by atoms with Gasteiger partial charge in [0, 0.05) is 12.0 Å². The van der Waals surface area contributed by atoms with Gasteiger partial charge in [0.15, 0.2) is 0 Å². The van der Waals surface area contributed by atoms with Crippen molar-refractivity contribution in [2.24, 2.45) is 11.8 Å². The molecule has 2 aliphatic rings. The largest absolute Gasteiger partial charge is 0.303 e. The molecule has 1 nitrogen and oxygen atoms in total. The molecule has 0 N–H and O–H groups in total. The van der Waals surface area contributed by atoms with Crippen molar-refractivity contribution < 1.29 is 0 Å². The molecule has 0 aromatic heterocycles. The van der Waals surface area contributed by atoms with Gasteiger partial charge in [0.05, 0.1) is 0 Å². The summed E-state index contributed by atoms with van der Waals surface area (Å²) in [6.45, 7) is 3.46. The molecule has 17 heavy (non-hydrogen) atoms. The van der Waals surface area contributed by atoms with E-state index in [9.17, 15) is 0 Å². The molecule has 4 unspecified atom stereocenters. The molecule has 0 aliphatic heterocycles. The van der Waals surface area contributed by atoms with Gasteiger partial charge >= 0.3 is 0 Å². The van der Waals surface area contributed by atoms with Gasteiger partial charge in [-0.3, -0.25) is 0 Å². The Labute approximate surface area is 105 Å². The first-order valence-electron chi connectivity index (χ1n) is 7.06. The Balaban J connectivity index is 1.91. The van der Waals surface area contributed by atoms with Crippen LogP contribution in [0, 0.1) is 11.8 Å². The molecule has 1 heteroatoms. The minimum absolute atomic E-state index is 0.792. The highest BCUT2D eigenvalue weighted by molar-refractivity contribution is 5.26. The van der Waals surface area contributed by atoms with Gasteiger partial charge in [-0.2, -0.15) is 0 Å². The number of hydrogen-bond acceptors (Lipinski definition) is 1. The minimum Gasteiger partial charge on any atom is -0.303 e. The molecule has 1 aromatic carbocycles. The summed E-state index contributed by atoms with van der Waals surface area (Å²) in [5, 5.41) is 0. The molecule has 0 heterocycles. The van der Waals surface area contributed by atoms with Gasteiger partial charge in [-0.1, -0.05) is 37.3 Å². The van der Waals surface area contributed by atoms with E-state index in [0.717, 1.165) is 23.8 Å². The summed E-state index contributed by atoms with van der Waals surface area (Å²) in [5.41, 5.74) is 1.57. The van der Waals surface area contributed by atoms with Crippen LogP contribution in [0.5, 0.6) is 0 Å². The van der Waals surface area contributed by atoms with E-state index in [-0.39, 0.29) is 0 Å². The van der Waals surface area contributed by atoms with E-state index in [1.165, 1.54) is 25.8 Å². The molecule has 0 radical (unpaired) electrons. The highest BCUT2D eigenvalue weighted by Crippen LogP contribution is 2.54. The second kappa shape index (κ2) is 4.45. The van der Waals surface area contributed by atoms with Gasteiger partial charge < -0.3 is 4.90 Å². The molecule has 0 spiro atoms. The molecular formula is C16H23N. The van der Waals surface area contributed by atoms with E-state index in [1.54, 1.807) is 5.56 Å². The summed E-state index contributed by atoms with van der Waals surface area (Å²) in [5.74, 6) is 2.69. The molecule has 2 saturated carbocycles. The van der Waals surface area contributed by atoms with Crippen LogP contribution in [0.15, 0.2) is 30.3 Å². The van der Waals surface area contributed by atoms with Gasteiger partial charge in [-0.15, -0.1) is 0 Å². The fraction of sp³-hybridized carbons (Fsp3) is 0.625. The van der Waals surface area contributed by atoms with Gasteiger partial charge in [-0.25, -0.2) is 0 Å². The maximum absolute atomic E-state index is 2.58. The summed E-state index contributed by atoms with van der Waals surface area (Å²) >= 11 is 0. The lowest BCUT2D eigenvalue weighted by atomic mass is 9.79. The summed E-state index contributed by atoms with van der Waals surface area (Å²) in [7, 11) is 2.31. The predicted octanol–water partition coefficient (Wildman–Crippen LogP) is 3.52. The van der Waals surface area contributed by atoms with E-state index >= 15 is 0 Å². The van der Waals surface area contributed by atoms with E-state index in [0.29, 0.717) is 0 Å². The van der Waals surface area contributed by atoms with Crippen molar-refractivity contribution in [2.45, 2.75) is 38.1 Å². The lowest BCUT2D eigenvalue weighted by molar-refractivity contribution is 0.161. The highest BCUT2D eigenvalue weighted by Gasteiger charge is 2.49. The van der Waals surface area contributed by atoms with Crippen LogP contribution in [0.2, 0.25) is 0 Å². The smallest absolute Gasteiger partial charge is 0.0192 e. The highest BCUT2D eigenvalue weighted by atomic mass is 15.1. The topological polar surface area (TPSA) is 3.24 Å². The first-order chi connectivity index (χ1) is 8.31. The van der Waals surface area contributed by atoms with E-state index in [1.807, 2.05) is 0 Å². The van der Waals surface area contributed by atoms with Crippen LogP contribution in [0.1, 0.15) is 37.7 Å². The Morgan fingerprint density at radius 3 is 2.53 bits per heavy atom. The van der Waals surface area contributed by atoms with Crippen molar-refractivity contribution in [2.75, 3.05) is 13.6 Å². The molecule has 2 fully saturated rings. The van der Waals surface area contributed by atoms with Gasteiger partial charge in [-0.05, 0) is 50.3 Å². The van der Waals surface area contributed by atoms with Crippen LogP contribution in [0.25, 0.3) is 0 Å². The van der Waals surface area contributed by atoms with E-state index in [2.05, 4.69) is 49.2 Å². The first-order valence-corrected chi connectivity index (χ1v) is 7.06. The molecule has 0 amide bonds. The normalized spacial score (nSPS) is 35.7.